The van der Waals surface area contributed by atoms with Crippen molar-refractivity contribution in [3.63, 3.8) is 0 Å². The average molecular weight is 450 g/mol. The summed E-state index contributed by atoms with van der Waals surface area (Å²) in [6, 6.07) is 14.8. The molecule has 1 aromatic heterocycles. The van der Waals surface area contributed by atoms with Gasteiger partial charge in [0.2, 0.25) is 0 Å². The molecule has 170 valence electrons. The zero-order valence-corrected chi connectivity index (χ0v) is 18.0. The lowest BCUT2D eigenvalue weighted by Gasteiger charge is -2.13. The third-order valence-electron chi connectivity index (χ3n) is 5.12. The normalized spacial score (nSPS) is 13.8. The summed E-state index contributed by atoms with van der Waals surface area (Å²) in [4.78, 5) is 24.6. The predicted octanol–water partition coefficient (Wildman–Crippen LogP) is 3.72. The van der Waals surface area contributed by atoms with Crippen LogP contribution in [0.3, 0.4) is 0 Å². The Hall–Kier alpha value is -4.14. The van der Waals surface area contributed by atoms with Crippen LogP contribution >= 0.6 is 0 Å². The summed E-state index contributed by atoms with van der Waals surface area (Å²) in [6.07, 6.45) is 2.20. The number of hydrazine groups is 1. The second-order valence-corrected chi connectivity index (χ2v) is 7.49. The van der Waals surface area contributed by atoms with E-state index in [1.54, 1.807) is 43.3 Å². The number of ether oxygens (including phenoxy) is 1. The zero-order valence-electron chi connectivity index (χ0n) is 18.0. The number of furan rings is 1. The van der Waals surface area contributed by atoms with Gasteiger partial charge < -0.3 is 9.15 Å². The molecule has 1 aliphatic carbocycles. The van der Waals surface area contributed by atoms with E-state index >= 15 is 0 Å². The van der Waals surface area contributed by atoms with Crippen LogP contribution in [0.4, 0.5) is 10.1 Å². The Balaban J connectivity index is 1.39. The van der Waals surface area contributed by atoms with Gasteiger partial charge in [0, 0.05) is 17.5 Å². The van der Waals surface area contributed by atoms with Gasteiger partial charge in [-0.05, 0) is 56.2 Å². The molecule has 0 atom stereocenters. The lowest BCUT2D eigenvalue weighted by atomic mass is 9.93. The fourth-order valence-corrected chi connectivity index (χ4v) is 3.54. The largest absolute Gasteiger partial charge is 0.484 e. The quantitative estimate of drug-likeness (QED) is 0.497. The topological polar surface area (TPSA) is 105 Å². The minimum absolute atomic E-state index is 0.112. The van der Waals surface area contributed by atoms with E-state index in [4.69, 9.17) is 9.15 Å². The van der Waals surface area contributed by atoms with Crippen molar-refractivity contribution in [3.05, 3.63) is 83.1 Å². The van der Waals surface area contributed by atoms with Gasteiger partial charge >= 0.3 is 5.91 Å². The number of aryl methyl sites for hydroxylation is 1. The molecule has 0 saturated heterocycles. The Labute approximate surface area is 189 Å². The smallest absolute Gasteiger partial charge is 0.305 e. The number of para-hydroxylation sites is 1. The Morgan fingerprint density at radius 1 is 1.06 bits per heavy atom. The molecular weight excluding hydrogens is 427 g/mol. The van der Waals surface area contributed by atoms with Crippen LogP contribution in [-0.4, -0.2) is 24.1 Å². The third kappa shape index (κ3) is 5.38. The molecule has 1 aliphatic rings. The summed E-state index contributed by atoms with van der Waals surface area (Å²) in [6.45, 7) is 1.53. The van der Waals surface area contributed by atoms with Gasteiger partial charge in [-0.3, -0.25) is 25.9 Å². The molecule has 3 aromatic rings. The van der Waals surface area contributed by atoms with Gasteiger partial charge in [0.25, 0.3) is 5.91 Å². The summed E-state index contributed by atoms with van der Waals surface area (Å²) in [5, 5.41) is 4.45. The Morgan fingerprint density at radius 3 is 2.58 bits per heavy atom. The minimum Gasteiger partial charge on any atom is -0.484 e. The summed E-state index contributed by atoms with van der Waals surface area (Å²) in [5.74, 6) is -0.0708. The highest BCUT2D eigenvalue weighted by molar-refractivity contribution is 6.06. The molecule has 0 unspecified atom stereocenters. The summed E-state index contributed by atoms with van der Waals surface area (Å²) in [7, 11) is 0. The van der Waals surface area contributed by atoms with Crippen molar-refractivity contribution in [3.8, 4) is 5.75 Å². The number of anilines is 1. The molecule has 9 heteroatoms. The maximum atomic E-state index is 13.1. The predicted molar refractivity (Wildman–Crippen MR) is 120 cm³/mol. The monoisotopic (exact) mass is 450 g/mol. The number of hydrazone groups is 1. The van der Waals surface area contributed by atoms with Gasteiger partial charge in [0.15, 0.2) is 12.4 Å². The highest BCUT2D eigenvalue weighted by Crippen LogP contribution is 2.30. The molecule has 1 heterocycles. The van der Waals surface area contributed by atoms with Gasteiger partial charge in [-0.1, -0.05) is 18.2 Å². The van der Waals surface area contributed by atoms with Crippen LogP contribution in [0.5, 0.6) is 5.75 Å². The van der Waals surface area contributed by atoms with Crippen molar-refractivity contribution >= 4 is 23.2 Å². The van der Waals surface area contributed by atoms with Crippen LogP contribution in [0.25, 0.3) is 0 Å². The van der Waals surface area contributed by atoms with Gasteiger partial charge in [0.1, 0.15) is 17.3 Å². The standard InChI is InChI=1S/C24H23FN4O4/c1-15-22-19(27-26-17-12-10-16(25)11-13-17)8-5-9-20(22)33-23(15)24(31)29-28-21(30)14-32-18-6-3-2-4-7-18/h2-4,6-7,10-13,26H,5,8-9,14H2,1H3,(H,28,30)(H,29,31)/b27-19+. The van der Waals surface area contributed by atoms with Crippen LogP contribution in [-0.2, 0) is 11.2 Å². The maximum Gasteiger partial charge on any atom is 0.305 e. The van der Waals surface area contributed by atoms with E-state index in [0.29, 0.717) is 35.6 Å². The molecule has 0 bridgehead atoms. The van der Waals surface area contributed by atoms with E-state index in [1.807, 2.05) is 6.07 Å². The molecule has 0 saturated carbocycles. The second-order valence-electron chi connectivity index (χ2n) is 7.49. The minimum atomic E-state index is -0.569. The highest BCUT2D eigenvalue weighted by atomic mass is 19.1. The lowest BCUT2D eigenvalue weighted by Crippen LogP contribution is -2.43. The number of hydrogen-bond donors (Lipinski definition) is 3. The molecule has 0 fully saturated rings. The van der Waals surface area contributed by atoms with Crippen molar-refractivity contribution in [2.45, 2.75) is 26.2 Å². The first-order chi connectivity index (χ1) is 16.0. The number of nitrogens with zero attached hydrogens (tertiary/aromatic N) is 1. The number of rotatable bonds is 6. The number of fused-ring (bicyclic) bond motifs is 1. The van der Waals surface area contributed by atoms with Crippen LogP contribution < -0.4 is 21.0 Å². The number of benzene rings is 2. The van der Waals surface area contributed by atoms with Gasteiger partial charge in [-0.2, -0.15) is 5.10 Å². The van der Waals surface area contributed by atoms with E-state index in [-0.39, 0.29) is 18.2 Å². The number of hydrogen-bond acceptors (Lipinski definition) is 6. The fraction of sp³-hybridized carbons (Fsp3) is 0.208. The van der Waals surface area contributed by atoms with Crippen molar-refractivity contribution < 1.29 is 23.1 Å². The van der Waals surface area contributed by atoms with Crippen LogP contribution in [0, 0.1) is 12.7 Å². The van der Waals surface area contributed by atoms with E-state index in [2.05, 4.69) is 21.4 Å². The molecule has 0 aliphatic heterocycles. The van der Waals surface area contributed by atoms with Crippen molar-refractivity contribution in [1.29, 1.82) is 0 Å². The molecule has 0 radical (unpaired) electrons. The Morgan fingerprint density at radius 2 is 1.82 bits per heavy atom. The Kier molecular flexibility index (Phi) is 6.68. The first-order valence-electron chi connectivity index (χ1n) is 10.5. The van der Waals surface area contributed by atoms with E-state index < -0.39 is 11.8 Å². The van der Waals surface area contributed by atoms with Crippen LogP contribution in [0.15, 0.2) is 64.1 Å². The number of carbonyl (C=O) groups is 2. The summed E-state index contributed by atoms with van der Waals surface area (Å²) >= 11 is 0. The first-order valence-corrected chi connectivity index (χ1v) is 10.5. The first kappa shape index (κ1) is 22.1. The van der Waals surface area contributed by atoms with Gasteiger partial charge in [-0.15, -0.1) is 0 Å². The average Bonchev–Trinajstić information content (AvgIpc) is 3.18. The van der Waals surface area contributed by atoms with Crippen LogP contribution in [0.2, 0.25) is 0 Å². The molecule has 0 spiro atoms. The molecule has 3 N–H and O–H groups in total. The van der Waals surface area contributed by atoms with E-state index in [0.717, 1.165) is 17.7 Å². The summed E-state index contributed by atoms with van der Waals surface area (Å²) in [5.41, 5.74) is 10.4. The molecule has 2 amide bonds. The van der Waals surface area contributed by atoms with Crippen molar-refractivity contribution in [2.75, 3.05) is 12.0 Å². The second kappa shape index (κ2) is 9.99. The molecule has 33 heavy (non-hydrogen) atoms. The van der Waals surface area contributed by atoms with Crippen molar-refractivity contribution in [2.24, 2.45) is 5.10 Å². The molecule has 2 aromatic carbocycles. The maximum absolute atomic E-state index is 13.1. The SMILES string of the molecule is Cc1c(C(=O)NNC(=O)COc2ccccc2)oc2c1/C(=N/Nc1ccc(F)cc1)CCC2. The van der Waals surface area contributed by atoms with E-state index in [9.17, 15) is 14.0 Å². The number of amides is 2. The summed E-state index contributed by atoms with van der Waals surface area (Å²) < 4.78 is 24.3. The number of halogens is 1. The van der Waals surface area contributed by atoms with Gasteiger partial charge in [-0.25, -0.2) is 4.39 Å². The van der Waals surface area contributed by atoms with E-state index in [1.165, 1.54) is 12.1 Å². The molecule has 8 nitrogen and oxygen atoms in total. The van der Waals surface area contributed by atoms with Crippen LogP contribution in [0.1, 0.15) is 40.3 Å². The van der Waals surface area contributed by atoms with Gasteiger partial charge in [0.05, 0.1) is 11.4 Å². The highest BCUT2D eigenvalue weighted by Gasteiger charge is 2.28. The molecular formula is C24H23FN4O4. The molecule has 4 rings (SSSR count). The Bertz CT molecular complexity index is 1170. The fourth-order valence-electron chi connectivity index (χ4n) is 3.54. The zero-order chi connectivity index (χ0) is 23.2. The number of carbonyl (C=O) groups excluding carboxylic acids is 2. The third-order valence-corrected chi connectivity index (χ3v) is 5.12. The number of nitrogens with one attached hydrogen (secondary N) is 3. The lowest BCUT2D eigenvalue weighted by molar-refractivity contribution is -0.123. The van der Waals surface area contributed by atoms with Crippen molar-refractivity contribution in [1.82, 2.24) is 10.9 Å².